The van der Waals surface area contributed by atoms with Crippen LogP contribution < -0.4 is 5.32 Å². The molecule has 0 radical (unpaired) electrons. The van der Waals surface area contributed by atoms with Crippen molar-refractivity contribution < 1.29 is 13.2 Å². The van der Waals surface area contributed by atoms with Crippen LogP contribution in [0, 0.1) is 0 Å². The van der Waals surface area contributed by atoms with Gasteiger partial charge >= 0.3 is 0 Å². The Balaban J connectivity index is 2.09. The molecular formula is C11H11Cl2NO3S. The van der Waals surface area contributed by atoms with E-state index in [0.29, 0.717) is 17.0 Å². The predicted molar refractivity (Wildman–Crippen MR) is 71.0 cm³/mol. The minimum atomic E-state index is -3.01. The molecule has 1 heterocycles. The summed E-state index contributed by atoms with van der Waals surface area (Å²) in [5, 5.41) is 3.36. The average Bonchev–Trinajstić information content (AvgIpc) is 2.57. The van der Waals surface area contributed by atoms with Gasteiger partial charge in [0, 0.05) is 11.1 Å². The lowest BCUT2D eigenvalue weighted by molar-refractivity contribution is 0.0941. The van der Waals surface area contributed by atoms with Crippen molar-refractivity contribution in [3.05, 3.63) is 33.8 Å². The zero-order valence-corrected chi connectivity index (χ0v) is 11.6. The summed E-state index contributed by atoms with van der Waals surface area (Å²) in [6.45, 7) is 0. The van der Waals surface area contributed by atoms with Crippen LogP contribution in [-0.4, -0.2) is 31.9 Å². The van der Waals surface area contributed by atoms with Gasteiger partial charge in [0.25, 0.3) is 5.91 Å². The number of benzene rings is 1. The highest BCUT2D eigenvalue weighted by atomic mass is 35.5. The van der Waals surface area contributed by atoms with Crippen LogP contribution in [0.15, 0.2) is 18.2 Å². The van der Waals surface area contributed by atoms with Gasteiger partial charge in [0.1, 0.15) is 0 Å². The van der Waals surface area contributed by atoms with Crippen molar-refractivity contribution in [3.8, 4) is 0 Å². The number of amides is 1. The van der Waals surface area contributed by atoms with Crippen molar-refractivity contribution in [1.29, 1.82) is 0 Å². The van der Waals surface area contributed by atoms with E-state index in [0.717, 1.165) is 0 Å². The molecule has 7 heteroatoms. The molecule has 1 aliphatic heterocycles. The molecule has 0 saturated carbocycles. The van der Waals surface area contributed by atoms with Crippen molar-refractivity contribution >= 4 is 38.9 Å². The molecule has 0 spiro atoms. The Hall–Kier alpha value is -0.780. The van der Waals surface area contributed by atoms with Gasteiger partial charge in [-0.2, -0.15) is 0 Å². The first-order chi connectivity index (χ1) is 8.37. The molecule has 1 amide bonds. The largest absolute Gasteiger partial charge is 0.348 e. The van der Waals surface area contributed by atoms with E-state index >= 15 is 0 Å². The van der Waals surface area contributed by atoms with Crippen LogP contribution in [0.3, 0.4) is 0 Å². The van der Waals surface area contributed by atoms with Gasteiger partial charge in [-0.1, -0.05) is 23.2 Å². The maximum absolute atomic E-state index is 11.9. The number of nitrogens with one attached hydrogen (secondary N) is 1. The summed E-state index contributed by atoms with van der Waals surface area (Å²) in [7, 11) is -3.01. The number of carbonyl (C=O) groups excluding carboxylic acids is 1. The van der Waals surface area contributed by atoms with E-state index in [4.69, 9.17) is 23.2 Å². The molecule has 2 rings (SSSR count). The molecule has 18 heavy (non-hydrogen) atoms. The van der Waals surface area contributed by atoms with Crippen LogP contribution in [0.5, 0.6) is 0 Å². The first-order valence-corrected chi connectivity index (χ1v) is 7.91. The van der Waals surface area contributed by atoms with Crippen molar-refractivity contribution in [2.75, 3.05) is 11.5 Å². The number of halogens is 2. The highest BCUT2D eigenvalue weighted by molar-refractivity contribution is 7.91. The van der Waals surface area contributed by atoms with E-state index in [9.17, 15) is 13.2 Å². The SMILES string of the molecule is O=C(N[C@H]1CCS(=O)(=O)C1)c1ccc(Cl)cc1Cl. The lowest BCUT2D eigenvalue weighted by Gasteiger charge is -2.11. The highest BCUT2D eigenvalue weighted by Crippen LogP contribution is 2.21. The summed E-state index contributed by atoms with van der Waals surface area (Å²) in [6.07, 6.45) is 0.444. The quantitative estimate of drug-likeness (QED) is 0.908. The summed E-state index contributed by atoms with van der Waals surface area (Å²) >= 11 is 11.6. The van der Waals surface area contributed by atoms with Gasteiger partial charge in [0.05, 0.1) is 22.1 Å². The van der Waals surface area contributed by atoms with Crippen molar-refractivity contribution in [1.82, 2.24) is 5.32 Å². The lowest BCUT2D eigenvalue weighted by Crippen LogP contribution is -2.35. The minimum Gasteiger partial charge on any atom is -0.348 e. The first-order valence-electron chi connectivity index (χ1n) is 5.34. The van der Waals surface area contributed by atoms with Gasteiger partial charge in [-0.05, 0) is 24.6 Å². The van der Waals surface area contributed by atoms with Gasteiger partial charge < -0.3 is 5.32 Å². The fraction of sp³-hybridized carbons (Fsp3) is 0.364. The minimum absolute atomic E-state index is 0.00997. The Morgan fingerprint density at radius 2 is 2.06 bits per heavy atom. The average molecular weight is 308 g/mol. The molecule has 1 aromatic rings. The fourth-order valence-electron chi connectivity index (χ4n) is 1.85. The molecule has 1 aliphatic rings. The van der Waals surface area contributed by atoms with E-state index in [1.54, 1.807) is 6.07 Å². The molecule has 1 atom stereocenters. The molecular weight excluding hydrogens is 297 g/mol. The monoisotopic (exact) mass is 307 g/mol. The predicted octanol–water partition coefficient (Wildman–Crippen LogP) is 1.91. The summed E-state index contributed by atoms with van der Waals surface area (Å²) in [5.41, 5.74) is 0.297. The molecule has 0 unspecified atom stereocenters. The molecule has 1 N–H and O–H groups in total. The highest BCUT2D eigenvalue weighted by Gasteiger charge is 2.29. The molecule has 98 valence electrons. The molecule has 0 aliphatic carbocycles. The molecule has 1 saturated heterocycles. The first kappa shape index (κ1) is 13.6. The van der Waals surface area contributed by atoms with E-state index < -0.39 is 9.84 Å². The zero-order chi connectivity index (χ0) is 13.3. The van der Waals surface area contributed by atoms with Crippen molar-refractivity contribution in [2.24, 2.45) is 0 Å². The lowest BCUT2D eigenvalue weighted by atomic mass is 10.2. The fourth-order valence-corrected chi connectivity index (χ4v) is 4.01. The Morgan fingerprint density at radius 3 is 2.61 bits per heavy atom. The third-order valence-electron chi connectivity index (χ3n) is 2.74. The van der Waals surface area contributed by atoms with E-state index in [1.165, 1.54) is 12.1 Å². The smallest absolute Gasteiger partial charge is 0.253 e. The van der Waals surface area contributed by atoms with Crippen LogP contribution in [0.1, 0.15) is 16.8 Å². The number of sulfone groups is 1. The van der Waals surface area contributed by atoms with Gasteiger partial charge in [-0.25, -0.2) is 8.42 Å². The Bertz CT molecular complexity index is 586. The molecule has 4 nitrogen and oxygen atoms in total. The number of carbonyl (C=O) groups is 1. The van der Waals surface area contributed by atoms with Crippen LogP contribution >= 0.6 is 23.2 Å². The van der Waals surface area contributed by atoms with Crippen LogP contribution in [0.25, 0.3) is 0 Å². The van der Waals surface area contributed by atoms with Gasteiger partial charge in [0.2, 0.25) is 0 Å². The Kier molecular flexibility index (Phi) is 3.84. The van der Waals surface area contributed by atoms with Gasteiger partial charge in [0.15, 0.2) is 9.84 Å². The van der Waals surface area contributed by atoms with E-state index in [2.05, 4.69) is 5.32 Å². The zero-order valence-electron chi connectivity index (χ0n) is 9.32. The molecule has 1 fully saturated rings. The summed E-state index contributed by atoms with van der Waals surface area (Å²) < 4.78 is 22.6. The second-order valence-electron chi connectivity index (χ2n) is 4.20. The van der Waals surface area contributed by atoms with Crippen LogP contribution in [0.2, 0.25) is 10.0 Å². The van der Waals surface area contributed by atoms with Crippen LogP contribution in [-0.2, 0) is 9.84 Å². The molecule has 0 aromatic heterocycles. The summed E-state index contributed by atoms with van der Waals surface area (Å²) in [4.78, 5) is 11.9. The number of hydrogen-bond donors (Lipinski definition) is 1. The number of hydrogen-bond acceptors (Lipinski definition) is 3. The summed E-state index contributed by atoms with van der Waals surface area (Å²) in [6, 6.07) is 4.22. The topological polar surface area (TPSA) is 63.2 Å². The maximum Gasteiger partial charge on any atom is 0.253 e. The molecule has 0 bridgehead atoms. The van der Waals surface area contributed by atoms with Gasteiger partial charge in [-0.15, -0.1) is 0 Å². The second-order valence-corrected chi connectivity index (χ2v) is 7.27. The second kappa shape index (κ2) is 5.07. The maximum atomic E-state index is 11.9. The third-order valence-corrected chi connectivity index (χ3v) is 5.06. The Morgan fingerprint density at radius 1 is 1.33 bits per heavy atom. The number of rotatable bonds is 2. The molecule has 1 aromatic carbocycles. The van der Waals surface area contributed by atoms with Crippen LogP contribution in [0.4, 0.5) is 0 Å². The Labute approximate surface area is 115 Å². The van der Waals surface area contributed by atoms with Gasteiger partial charge in [-0.3, -0.25) is 4.79 Å². The standard InChI is InChI=1S/C11H11Cl2NO3S/c12-7-1-2-9(10(13)5-7)11(15)14-8-3-4-18(16,17)6-8/h1-2,5,8H,3-4,6H2,(H,14,15)/t8-/m0/s1. The normalized spacial score (nSPS) is 21.8. The summed E-state index contributed by atoms with van der Waals surface area (Å²) in [5.74, 6) is -0.269. The van der Waals surface area contributed by atoms with Crippen molar-refractivity contribution in [3.63, 3.8) is 0 Å². The van der Waals surface area contributed by atoms with Crippen molar-refractivity contribution in [2.45, 2.75) is 12.5 Å². The van der Waals surface area contributed by atoms with E-state index in [-0.39, 0.29) is 28.5 Å². The third kappa shape index (κ3) is 3.16. The van der Waals surface area contributed by atoms with E-state index in [1.807, 2.05) is 0 Å².